The van der Waals surface area contributed by atoms with Crippen molar-refractivity contribution < 1.29 is 17.0 Å². The van der Waals surface area contributed by atoms with Crippen LogP contribution in [0, 0.1) is 0 Å². The van der Waals surface area contributed by atoms with Gasteiger partial charge < -0.3 is 12.4 Å². The lowest BCUT2D eigenvalue weighted by molar-refractivity contribution is -0.569. The minimum Gasteiger partial charge on any atom is -1.00 e. The van der Waals surface area contributed by atoms with E-state index in [4.69, 9.17) is 23.2 Å². The fourth-order valence-electron chi connectivity index (χ4n) is 5.05. The molecule has 5 heteroatoms. The number of hydrogen-bond acceptors (Lipinski definition) is 0. The Hall–Kier alpha value is -2.00. The SMILES string of the molecule is CC(C)c1cccc(C(C)C)c1-n1c[n+](-c2c(C(C)C)cccc2C(C)C)c2ccccc21.ClCCl.[Cl-]. The predicted octanol–water partition coefficient (Wildman–Crippen LogP) is 6.83. The van der Waals surface area contributed by atoms with Gasteiger partial charge in [0, 0.05) is 22.3 Å². The van der Waals surface area contributed by atoms with Crippen LogP contribution in [0.4, 0.5) is 0 Å². The highest BCUT2D eigenvalue weighted by Crippen LogP contribution is 2.34. The van der Waals surface area contributed by atoms with Crippen molar-refractivity contribution >= 4 is 34.2 Å². The standard InChI is InChI=1S/C31H39N2.CH2Cl2.ClH/c1-20(2)24-13-11-14-25(21(3)4)30(24)32-19-33(29-18-10-9-17-28(29)32)31-26(22(5)6)15-12-16-27(31)23(7)8;2-1-3;/h9-23H,1-8H3;1H2;1H/q+1;;/p-1. The molecule has 0 saturated carbocycles. The van der Waals surface area contributed by atoms with Crippen molar-refractivity contribution in [3.63, 3.8) is 0 Å². The average Bonchev–Trinajstić information content (AvgIpc) is 3.22. The fraction of sp³-hybridized carbons (Fsp3) is 0.406. The summed E-state index contributed by atoms with van der Waals surface area (Å²) < 4.78 is 4.89. The molecule has 4 aromatic rings. The highest BCUT2D eigenvalue weighted by Gasteiger charge is 2.28. The van der Waals surface area contributed by atoms with Gasteiger partial charge in [0.05, 0.1) is 5.34 Å². The summed E-state index contributed by atoms with van der Waals surface area (Å²) in [4.78, 5) is 0. The van der Waals surface area contributed by atoms with Crippen LogP contribution in [-0.4, -0.2) is 9.91 Å². The van der Waals surface area contributed by atoms with Crippen LogP contribution in [0.3, 0.4) is 0 Å². The van der Waals surface area contributed by atoms with Gasteiger partial charge in [-0.1, -0.05) is 104 Å². The summed E-state index contributed by atoms with van der Waals surface area (Å²) in [6, 6.07) is 22.5. The molecule has 0 atom stereocenters. The lowest BCUT2D eigenvalue weighted by Gasteiger charge is -2.17. The fourth-order valence-corrected chi connectivity index (χ4v) is 5.05. The first kappa shape index (κ1) is 31.2. The van der Waals surface area contributed by atoms with E-state index in [1.165, 1.54) is 44.7 Å². The maximum atomic E-state index is 4.76. The van der Waals surface area contributed by atoms with E-state index < -0.39 is 0 Å². The second-order valence-corrected chi connectivity index (χ2v) is 11.4. The quantitative estimate of drug-likeness (QED) is 0.181. The Morgan fingerprint density at radius 1 is 0.622 bits per heavy atom. The van der Waals surface area contributed by atoms with Gasteiger partial charge in [0.15, 0.2) is 11.0 Å². The van der Waals surface area contributed by atoms with E-state index in [2.05, 4.69) is 132 Å². The zero-order valence-corrected chi connectivity index (χ0v) is 25.7. The third-order valence-electron chi connectivity index (χ3n) is 6.80. The number of imidazole rings is 1. The number of aromatic nitrogens is 2. The number of benzene rings is 3. The topological polar surface area (TPSA) is 8.81 Å². The number of alkyl halides is 2. The largest absolute Gasteiger partial charge is 1.00 e. The maximum Gasteiger partial charge on any atom is 0.255 e. The molecule has 0 unspecified atom stereocenters. The molecule has 1 heterocycles. The number of para-hydroxylation sites is 4. The minimum atomic E-state index is 0. The zero-order chi connectivity index (χ0) is 26.6. The van der Waals surface area contributed by atoms with Gasteiger partial charge in [0.25, 0.3) is 6.33 Å². The minimum absolute atomic E-state index is 0. The third-order valence-corrected chi connectivity index (χ3v) is 6.80. The van der Waals surface area contributed by atoms with Crippen LogP contribution in [-0.2, 0) is 0 Å². The normalized spacial score (nSPS) is 11.3. The highest BCUT2D eigenvalue weighted by atomic mass is 35.5. The van der Waals surface area contributed by atoms with Crippen LogP contribution in [0.2, 0.25) is 0 Å². The summed E-state index contributed by atoms with van der Waals surface area (Å²) in [6.45, 7) is 18.4. The Morgan fingerprint density at radius 3 is 1.46 bits per heavy atom. The molecule has 3 aromatic carbocycles. The molecule has 0 radical (unpaired) electrons. The molecule has 0 amide bonds. The Kier molecular flexibility index (Phi) is 11.6. The van der Waals surface area contributed by atoms with Gasteiger partial charge in [-0.25, -0.2) is 0 Å². The van der Waals surface area contributed by atoms with Gasteiger partial charge in [-0.15, -0.1) is 23.2 Å². The van der Waals surface area contributed by atoms with E-state index in [1.54, 1.807) is 0 Å². The molecule has 0 aliphatic carbocycles. The summed E-state index contributed by atoms with van der Waals surface area (Å²) in [5.74, 6) is 1.79. The molecule has 0 spiro atoms. The Bertz CT molecular complexity index is 1150. The lowest BCUT2D eigenvalue weighted by atomic mass is 9.92. The van der Waals surface area contributed by atoms with E-state index in [9.17, 15) is 0 Å². The van der Waals surface area contributed by atoms with Crippen LogP contribution in [0.5, 0.6) is 0 Å². The van der Waals surface area contributed by atoms with Crippen LogP contribution in [0.1, 0.15) is 101 Å². The Labute approximate surface area is 240 Å². The van der Waals surface area contributed by atoms with Crippen LogP contribution >= 0.6 is 23.2 Å². The molecule has 0 aliphatic heterocycles. The summed E-state index contributed by atoms with van der Waals surface area (Å²) >= 11 is 9.53. The summed E-state index contributed by atoms with van der Waals surface area (Å²) in [5, 5.41) is 0.194. The molecule has 0 aliphatic rings. The second-order valence-electron chi connectivity index (χ2n) is 10.6. The van der Waals surface area contributed by atoms with Gasteiger partial charge >= 0.3 is 0 Å². The number of halogens is 3. The average molecular weight is 560 g/mol. The maximum absolute atomic E-state index is 4.76. The first-order valence-electron chi connectivity index (χ1n) is 13.0. The van der Waals surface area contributed by atoms with E-state index in [1.807, 2.05) is 0 Å². The van der Waals surface area contributed by atoms with Crippen molar-refractivity contribution in [3.8, 4) is 11.4 Å². The van der Waals surface area contributed by atoms with Crippen molar-refractivity contribution in [1.82, 2.24) is 4.57 Å². The van der Waals surface area contributed by atoms with E-state index in [0.29, 0.717) is 23.7 Å². The van der Waals surface area contributed by atoms with Crippen LogP contribution in [0.15, 0.2) is 67.0 Å². The second kappa shape index (κ2) is 13.7. The van der Waals surface area contributed by atoms with Gasteiger partial charge in [-0.3, -0.25) is 0 Å². The van der Waals surface area contributed by atoms with Gasteiger partial charge in [0.2, 0.25) is 0 Å². The van der Waals surface area contributed by atoms with Crippen molar-refractivity contribution in [2.45, 2.75) is 79.1 Å². The van der Waals surface area contributed by atoms with E-state index in [-0.39, 0.29) is 17.7 Å². The molecule has 1 aromatic heterocycles. The van der Waals surface area contributed by atoms with Gasteiger partial charge in [-0.2, -0.15) is 9.13 Å². The molecule has 2 nitrogen and oxygen atoms in total. The number of fused-ring (bicyclic) bond motifs is 1. The third kappa shape index (κ3) is 6.53. The monoisotopic (exact) mass is 558 g/mol. The molecular weight excluding hydrogens is 519 g/mol. The lowest BCUT2D eigenvalue weighted by Crippen LogP contribution is -3.00. The smallest absolute Gasteiger partial charge is 0.255 e. The molecule has 4 rings (SSSR count). The number of rotatable bonds is 6. The summed E-state index contributed by atoms with van der Waals surface area (Å²) in [7, 11) is 0. The Morgan fingerprint density at radius 2 is 1.03 bits per heavy atom. The molecule has 0 saturated heterocycles. The van der Waals surface area contributed by atoms with Crippen molar-refractivity contribution in [2.24, 2.45) is 0 Å². The van der Waals surface area contributed by atoms with Crippen molar-refractivity contribution in [3.05, 3.63) is 89.2 Å². The van der Waals surface area contributed by atoms with Crippen molar-refractivity contribution in [2.75, 3.05) is 5.34 Å². The van der Waals surface area contributed by atoms with E-state index >= 15 is 0 Å². The Balaban J connectivity index is 0.00000115. The summed E-state index contributed by atoms with van der Waals surface area (Å²) in [6.07, 6.45) is 2.34. The van der Waals surface area contributed by atoms with E-state index in [0.717, 1.165) is 0 Å². The number of nitrogens with zero attached hydrogens (tertiary/aromatic N) is 2. The first-order chi connectivity index (χ1) is 17.1. The molecule has 0 bridgehead atoms. The van der Waals surface area contributed by atoms with Crippen LogP contribution < -0.4 is 17.0 Å². The number of hydrogen-bond donors (Lipinski definition) is 0. The molecule has 37 heavy (non-hydrogen) atoms. The predicted molar refractivity (Wildman–Crippen MR) is 158 cm³/mol. The molecule has 0 N–H and O–H groups in total. The highest BCUT2D eigenvalue weighted by molar-refractivity contribution is 6.40. The molecule has 200 valence electrons. The zero-order valence-electron chi connectivity index (χ0n) is 23.4. The summed E-state index contributed by atoms with van der Waals surface area (Å²) in [5.41, 5.74) is 10.8. The molecule has 0 fully saturated rings. The van der Waals surface area contributed by atoms with Gasteiger partial charge in [0.1, 0.15) is 11.4 Å². The molecular formula is C32H41Cl3N2. The first-order valence-corrected chi connectivity index (χ1v) is 14.1. The van der Waals surface area contributed by atoms with Crippen LogP contribution in [0.25, 0.3) is 22.4 Å². The van der Waals surface area contributed by atoms with Crippen molar-refractivity contribution in [1.29, 1.82) is 0 Å². The van der Waals surface area contributed by atoms with Gasteiger partial charge in [-0.05, 0) is 35.8 Å².